The molecule has 0 atom stereocenters. The van der Waals surface area contributed by atoms with Crippen molar-refractivity contribution in [1.29, 1.82) is 0 Å². The van der Waals surface area contributed by atoms with Crippen LogP contribution in [0.4, 0.5) is 5.13 Å². The van der Waals surface area contributed by atoms with Crippen LogP contribution in [0.1, 0.15) is 5.82 Å². The zero-order valence-corrected chi connectivity index (χ0v) is 13.1. The van der Waals surface area contributed by atoms with E-state index in [1.54, 1.807) is 25.1 Å². The Bertz CT molecular complexity index is 924. The van der Waals surface area contributed by atoms with E-state index in [9.17, 15) is 8.42 Å². The predicted molar refractivity (Wildman–Crippen MR) is 82.2 cm³/mol. The van der Waals surface area contributed by atoms with Gasteiger partial charge < -0.3 is 0 Å². The molecule has 0 saturated heterocycles. The molecule has 0 bridgehead atoms. The lowest BCUT2D eigenvalue weighted by Crippen LogP contribution is -2.12. The number of nitrogens with one attached hydrogen (secondary N) is 1. The molecular weight excluding hydrogens is 332 g/mol. The second-order valence-electron chi connectivity index (χ2n) is 4.24. The van der Waals surface area contributed by atoms with Gasteiger partial charge in [-0.05, 0) is 37.3 Å². The molecule has 0 saturated carbocycles. The molecule has 0 spiro atoms. The number of anilines is 1. The van der Waals surface area contributed by atoms with Crippen LogP contribution in [0, 0.1) is 6.92 Å². The van der Waals surface area contributed by atoms with Gasteiger partial charge in [-0.1, -0.05) is 11.6 Å². The van der Waals surface area contributed by atoms with Crippen LogP contribution in [-0.2, 0) is 10.0 Å². The molecule has 3 rings (SSSR count). The van der Waals surface area contributed by atoms with E-state index in [1.807, 2.05) is 0 Å². The molecular formula is C12H9ClN4O2S2. The van der Waals surface area contributed by atoms with Gasteiger partial charge in [0, 0.05) is 16.9 Å². The van der Waals surface area contributed by atoms with Crippen LogP contribution in [0.15, 0.2) is 35.2 Å². The second-order valence-corrected chi connectivity index (χ2v) is 7.06. The summed E-state index contributed by atoms with van der Waals surface area (Å²) in [6.07, 6.45) is 0. The number of rotatable bonds is 3. The number of hydrogen-bond donors (Lipinski definition) is 1. The molecule has 0 radical (unpaired) electrons. The molecule has 108 valence electrons. The smallest absolute Gasteiger partial charge is 0.253 e. The Morgan fingerprint density at radius 1 is 1.19 bits per heavy atom. The van der Waals surface area contributed by atoms with Crippen molar-refractivity contribution < 1.29 is 8.42 Å². The standard InChI is InChI=1S/C12H9ClN4O2S2/c1-7-14-12(20-16-7)17-21(18,19)9-3-4-10-8(6-9)2-5-11(13)15-10/h2-6H,1H3,(H,14,16,17). The fourth-order valence-corrected chi connectivity index (χ4v) is 3.75. The third-order valence-corrected chi connectivity index (χ3v) is 5.08. The first-order chi connectivity index (χ1) is 9.94. The molecule has 0 aliphatic rings. The minimum Gasteiger partial charge on any atom is -0.253 e. The fourth-order valence-electron chi connectivity index (χ4n) is 1.76. The molecule has 2 aromatic heterocycles. The van der Waals surface area contributed by atoms with Gasteiger partial charge in [-0.15, -0.1) is 0 Å². The number of halogens is 1. The quantitative estimate of drug-likeness (QED) is 0.741. The number of aromatic nitrogens is 3. The van der Waals surface area contributed by atoms with Gasteiger partial charge >= 0.3 is 0 Å². The van der Waals surface area contributed by atoms with E-state index >= 15 is 0 Å². The van der Waals surface area contributed by atoms with Gasteiger partial charge in [0.2, 0.25) is 5.13 Å². The highest BCUT2D eigenvalue weighted by Crippen LogP contribution is 2.22. The van der Waals surface area contributed by atoms with Gasteiger partial charge in [0.1, 0.15) is 11.0 Å². The number of aryl methyl sites for hydroxylation is 1. The highest BCUT2D eigenvalue weighted by molar-refractivity contribution is 7.93. The van der Waals surface area contributed by atoms with E-state index in [2.05, 4.69) is 19.1 Å². The third kappa shape index (κ3) is 2.97. The Morgan fingerprint density at radius 3 is 2.71 bits per heavy atom. The molecule has 3 aromatic rings. The minimum absolute atomic E-state index is 0.131. The summed E-state index contributed by atoms with van der Waals surface area (Å²) in [6, 6.07) is 7.96. The first kappa shape index (κ1) is 14.2. The number of pyridine rings is 1. The van der Waals surface area contributed by atoms with Gasteiger partial charge in [-0.2, -0.15) is 4.37 Å². The van der Waals surface area contributed by atoms with E-state index in [0.29, 0.717) is 21.9 Å². The van der Waals surface area contributed by atoms with Crippen LogP contribution in [-0.4, -0.2) is 22.8 Å². The largest absolute Gasteiger partial charge is 0.263 e. The highest BCUT2D eigenvalue weighted by Gasteiger charge is 2.17. The Kier molecular flexibility index (Phi) is 3.52. The summed E-state index contributed by atoms with van der Waals surface area (Å²) in [5.74, 6) is 0.523. The summed E-state index contributed by atoms with van der Waals surface area (Å²) in [5, 5.41) is 1.29. The third-order valence-electron chi connectivity index (χ3n) is 2.69. The van der Waals surface area contributed by atoms with Gasteiger partial charge in [-0.25, -0.2) is 18.4 Å². The number of fused-ring (bicyclic) bond motifs is 1. The minimum atomic E-state index is -3.70. The molecule has 0 aliphatic carbocycles. The van der Waals surface area contributed by atoms with Crippen molar-refractivity contribution in [1.82, 2.24) is 14.3 Å². The predicted octanol–water partition coefficient (Wildman–Crippen LogP) is 2.85. The van der Waals surface area contributed by atoms with Crippen molar-refractivity contribution in [2.24, 2.45) is 0 Å². The lowest BCUT2D eigenvalue weighted by atomic mass is 10.2. The van der Waals surface area contributed by atoms with Crippen molar-refractivity contribution >= 4 is 49.2 Å². The van der Waals surface area contributed by atoms with Gasteiger partial charge in [0.05, 0.1) is 10.4 Å². The fraction of sp³-hybridized carbons (Fsp3) is 0.0833. The summed E-state index contributed by atoms with van der Waals surface area (Å²) in [4.78, 5) is 8.23. The summed E-state index contributed by atoms with van der Waals surface area (Å²) in [6.45, 7) is 1.69. The van der Waals surface area contributed by atoms with Crippen molar-refractivity contribution in [3.63, 3.8) is 0 Å². The average Bonchev–Trinajstić information content (AvgIpc) is 2.82. The number of sulfonamides is 1. The van der Waals surface area contributed by atoms with Gasteiger partial charge in [-0.3, -0.25) is 4.72 Å². The molecule has 0 fully saturated rings. The first-order valence-corrected chi connectivity index (χ1v) is 8.47. The highest BCUT2D eigenvalue weighted by atomic mass is 35.5. The number of benzene rings is 1. The number of nitrogens with zero attached hydrogens (tertiary/aromatic N) is 3. The first-order valence-electron chi connectivity index (χ1n) is 5.83. The zero-order valence-electron chi connectivity index (χ0n) is 10.7. The summed E-state index contributed by atoms with van der Waals surface area (Å²) < 4.78 is 30.9. The molecule has 21 heavy (non-hydrogen) atoms. The Morgan fingerprint density at radius 2 is 2.00 bits per heavy atom. The van der Waals surface area contributed by atoms with Crippen LogP contribution in [0.25, 0.3) is 10.9 Å². The summed E-state index contributed by atoms with van der Waals surface area (Å²) >= 11 is 6.80. The van der Waals surface area contributed by atoms with Crippen molar-refractivity contribution in [3.05, 3.63) is 41.3 Å². The van der Waals surface area contributed by atoms with E-state index in [0.717, 1.165) is 11.5 Å². The van der Waals surface area contributed by atoms with E-state index in [4.69, 9.17) is 11.6 Å². The SMILES string of the molecule is Cc1nsc(NS(=O)(=O)c2ccc3nc(Cl)ccc3c2)n1. The Labute approximate surface area is 130 Å². The Balaban J connectivity index is 2.00. The monoisotopic (exact) mass is 340 g/mol. The second kappa shape index (κ2) is 5.21. The molecule has 0 amide bonds. The van der Waals surface area contributed by atoms with Crippen LogP contribution >= 0.6 is 23.1 Å². The van der Waals surface area contributed by atoms with Crippen LogP contribution in [0.3, 0.4) is 0 Å². The lowest BCUT2D eigenvalue weighted by Gasteiger charge is -2.06. The van der Waals surface area contributed by atoms with E-state index in [-0.39, 0.29) is 10.0 Å². The topological polar surface area (TPSA) is 84.8 Å². The van der Waals surface area contributed by atoms with Crippen molar-refractivity contribution in [2.45, 2.75) is 11.8 Å². The van der Waals surface area contributed by atoms with Gasteiger partial charge in [0.15, 0.2) is 0 Å². The summed E-state index contributed by atoms with van der Waals surface area (Å²) in [5.41, 5.74) is 0.633. The average molecular weight is 341 g/mol. The molecule has 9 heteroatoms. The van der Waals surface area contributed by atoms with E-state index < -0.39 is 10.0 Å². The molecule has 0 unspecified atom stereocenters. The van der Waals surface area contributed by atoms with Crippen LogP contribution in [0.5, 0.6) is 0 Å². The maximum absolute atomic E-state index is 12.3. The van der Waals surface area contributed by atoms with Crippen molar-refractivity contribution in [2.75, 3.05) is 4.72 Å². The maximum atomic E-state index is 12.3. The van der Waals surface area contributed by atoms with E-state index in [1.165, 1.54) is 12.1 Å². The Hall–Kier alpha value is -1.77. The van der Waals surface area contributed by atoms with Crippen LogP contribution < -0.4 is 4.72 Å². The molecule has 0 aliphatic heterocycles. The molecule has 1 N–H and O–H groups in total. The van der Waals surface area contributed by atoms with Crippen LogP contribution in [0.2, 0.25) is 5.15 Å². The molecule has 1 aromatic carbocycles. The lowest BCUT2D eigenvalue weighted by molar-refractivity contribution is 0.601. The zero-order chi connectivity index (χ0) is 15.0. The maximum Gasteiger partial charge on any atom is 0.263 e. The molecule has 6 nitrogen and oxygen atoms in total. The number of hydrogen-bond acceptors (Lipinski definition) is 6. The normalized spacial score (nSPS) is 11.7. The molecule has 2 heterocycles. The van der Waals surface area contributed by atoms with Gasteiger partial charge in [0.25, 0.3) is 10.0 Å². The summed E-state index contributed by atoms with van der Waals surface area (Å²) in [7, 11) is -3.70. The van der Waals surface area contributed by atoms with Crippen molar-refractivity contribution in [3.8, 4) is 0 Å².